The maximum atomic E-state index is 4.12. The Labute approximate surface area is 87.2 Å². The second-order valence-corrected chi connectivity index (χ2v) is 4.07. The molecule has 13 heavy (non-hydrogen) atoms. The SMILES string of the molecule is SCNCc1csc2ccccc12. The molecular formula is C10H11NS2. The van der Waals surface area contributed by atoms with Gasteiger partial charge in [-0.15, -0.1) is 11.3 Å². The third-order valence-corrected chi connectivity index (χ3v) is 3.22. The van der Waals surface area contributed by atoms with Crippen LogP contribution in [0.4, 0.5) is 0 Å². The monoisotopic (exact) mass is 209 g/mol. The average molecular weight is 209 g/mol. The summed E-state index contributed by atoms with van der Waals surface area (Å²) < 4.78 is 1.36. The van der Waals surface area contributed by atoms with Crippen LogP contribution in [0.1, 0.15) is 5.56 Å². The summed E-state index contributed by atoms with van der Waals surface area (Å²) >= 11 is 5.92. The zero-order valence-electron chi connectivity index (χ0n) is 7.16. The fraction of sp³-hybridized carbons (Fsp3) is 0.200. The van der Waals surface area contributed by atoms with Gasteiger partial charge in [0.05, 0.1) is 0 Å². The van der Waals surface area contributed by atoms with Crippen LogP contribution >= 0.6 is 24.0 Å². The van der Waals surface area contributed by atoms with Crippen molar-refractivity contribution in [3.63, 3.8) is 0 Å². The Hall–Kier alpha value is -0.510. The minimum absolute atomic E-state index is 0.726. The lowest BCUT2D eigenvalue weighted by atomic mass is 10.2. The second kappa shape index (κ2) is 4.13. The number of fused-ring (bicyclic) bond motifs is 1. The van der Waals surface area contributed by atoms with E-state index in [1.807, 2.05) is 0 Å². The van der Waals surface area contributed by atoms with Crippen LogP contribution in [0.25, 0.3) is 10.1 Å². The van der Waals surface area contributed by atoms with E-state index in [-0.39, 0.29) is 0 Å². The highest BCUT2D eigenvalue weighted by atomic mass is 32.1. The summed E-state index contributed by atoms with van der Waals surface area (Å²) in [6.07, 6.45) is 0. The summed E-state index contributed by atoms with van der Waals surface area (Å²) in [6, 6.07) is 8.49. The van der Waals surface area contributed by atoms with Gasteiger partial charge in [0.25, 0.3) is 0 Å². The lowest BCUT2D eigenvalue weighted by Gasteiger charge is -1.98. The average Bonchev–Trinajstić information content (AvgIpc) is 2.58. The number of thiol groups is 1. The summed E-state index contributed by atoms with van der Waals surface area (Å²) in [5.41, 5.74) is 1.37. The molecule has 0 saturated heterocycles. The van der Waals surface area contributed by atoms with Crippen LogP contribution < -0.4 is 5.32 Å². The molecule has 0 aliphatic heterocycles. The molecule has 1 heterocycles. The Morgan fingerprint density at radius 3 is 3.00 bits per heavy atom. The van der Waals surface area contributed by atoms with Crippen LogP contribution in [0.15, 0.2) is 29.6 Å². The first-order valence-corrected chi connectivity index (χ1v) is 5.69. The Bertz CT molecular complexity index is 394. The van der Waals surface area contributed by atoms with Crippen LogP contribution in [-0.4, -0.2) is 5.88 Å². The Kier molecular flexibility index (Phi) is 2.88. The molecule has 1 aromatic heterocycles. The van der Waals surface area contributed by atoms with Crippen LogP contribution in [0.5, 0.6) is 0 Å². The minimum atomic E-state index is 0.726. The van der Waals surface area contributed by atoms with E-state index in [9.17, 15) is 0 Å². The van der Waals surface area contributed by atoms with Crippen molar-refractivity contribution in [1.82, 2.24) is 5.32 Å². The van der Waals surface area contributed by atoms with E-state index in [2.05, 4.69) is 47.6 Å². The zero-order chi connectivity index (χ0) is 9.10. The fourth-order valence-electron chi connectivity index (χ4n) is 1.36. The van der Waals surface area contributed by atoms with Crippen LogP contribution in [0.3, 0.4) is 0 Å². The number of benzene rings is 1. The highest BCUT2D eigenvalue weighted by molar-refractivity contribution is 7.80. The molecule has 0 unspecified atom stereocenters. The van der Waals surface area contributed by atoms with Crippen molar-refractivity contribution >= 4 is 34.1 Å². The lowest BCUT2D eigenvalue weighted by molar-refractivity contribution is 0.806. The Morgan fingerprint density at radius 1 is 1.31 bits per heavy atom. The number of hydrogen-bond acceptors (Lipinski definition) is 3. The van der Waals surface area contributed by atoms with E-state index in [1.54, 1.807) is 11.3 Å². The van der Waals surface area contributed by atoms with Gasteiger partial charge in [0.15, 0.2) is 0 Å². The predicted octanol–water partition coefficient (Wildman–Crippen LogP) is 2.88. The van der Waals surface area contributed by atoms with Crippen LogP contribution in [-0.2, 0) is 6.54 Å². The van der Waals surface area contributed by atoms with Gasteiger partial charge in [0, 0.05) is 17.1 Å². The molecule has 3 heteroatoms. The standard InChI is InChI=1S/C10H11NS2/c12-7-11-5-8-6-13-10-4-2-1-3-9(8)10/h1-4,6,11-12H,5,7H2. The van der Waals surface area contributed by atoms with Gasteiger partial charge < -0.3 is 5.32 Å². The summed E-state index contributed by atoms with van der Waals surface area (Å²) in [6.45, 7) is 0.910. The maximum Gasteiger partial charge on any atom is 0.0390 e. The Morgan fingerprint density at radius 2 is 2.15 bits per heavy atom. The van der Waals surface area contributed by atoms with E-state index in [1.165, 1.54) is 15.6 Å². The highest BCUT2D eigenvalue weighted by Crippen LogP contribution is 2.25. The van der Waals surface area contributed by atoms with Crippen molar-refractivity contribution in [2.24, 2.45) is 0 Å². The summed E-state index contributed by atoms with van der Waals surface area (Å²) in [5.74, 6) is 0.726. The molecule has 0 radical (unpaired) electrons. The van der Waals surface area contributed by atoms with E-state index in [0.717, 1.165) is 12.4 Å². The molecular weight excluding hydrogens is 198 g/mol. The van der Waals surface area contributed by atoms with Crippen molar-refractivity contribution in [1.29, 1.82) is 0 Å². The van der Waals surface area contributed by atoms with Gasteiger partial charge in [-0.1, -0.05) is 18.2 Å². The van der Waals surface area contributed by atoms with Gasteiger partial charge in [-0.05, 0) is 22.4 Å². The van der Waals surface area contributed by atoms with Gasteiger partial charge >= 0.3 is 0 Å². The summed E-state index contributed by atoms with van der Waals surface area (Å²) in [5, 5.41) is 6.79. The lowest BCUT2D eigenvalue weighted by Crippen LogP contribution is -2.09. The molecule has 0 spiro atoms. The first kappa shape index (κ1) is 9.06. The van der Waals surface area contributed by atoms with E-state index in [0.29, 0.717) is 0 Å². The number of thiophene rings is 1. The second-order valence-electron chi connectivity index (χ2n) is 2.84. The zero-order valence-corrected chi connectivity index (χ0v) is 8.87. The summed E-state index contributed by atoms with van der Waals surface area (Å²) in [7, 11) is 0. The van der Waals surface area contributed by atoms with Gasteiger partial charge in [0.2, 0.25) is 0 Å². The molecule has 1 N–H and O–H groups in total. The third kappa shape index (κ3) is 1.88. The van der Waals surface area contributed by atoms with Gasteiger partial charge in [-0.3, -0.25) is 0 Å². The molecule has 0 fully saturated rings. The molecule has 1 aromatic carbocycles. The summed E-state index contributed by atoms with van der Waals surface area (Å²) in [4.78, 5) is 0. The molecule has 0 aliphatic carbocycles. The van der Waals surface area contributed by atoms with Crippen molar-refractivity contribution in [2.75, 3.05) is 5.88 Å². The Balaban J connectivity index is 2.35. The molecule has 1 nitrogen and oxygen atoms in total. The molecule has 0 amide bonds. The first-order chi connectivity index (χ1) is 6.42. The largest absolute Gasteiger partial charge is 0.304 e. The van der Waals surface area contributed by atoms with Crippen molar-refractivity contribution in [3.05, 3.63) is 35.2 Å². The number of rotatable bonds is 3. The highest BCUT2D eigenvalue weighted by Gasteiger charge is 2.01. The van der Waals surface area contributed by atoms with Gasteiger partial charge in [-0.2, -0.15) is 12.6 Å². The minimum Gasteiger partial charge on any atom is -0.304 e. The maximum absolute atomic E-state index is 4.12. The van der Waals surface area contributed by atoms with Gasteiger partial charge in [0.1, 0.15) is 0 Å². The topological polar surface area (TPSA) is 12.0 Å². The predicted molar refractivity (Wildman–Crippen MR) is 62.5 cm³/mol. The first-order valence-electron chi connectivity index (χ1n) is 4.18. The normalized spacial score (nSPS) is 10.8. The quantitative estimate of drug-likeness (QED) is 0.585. The molecule has 68 valence electrons. The molecule has 0 bridgehead atoms. The van der Waals surface area contributed by atoms with E-state index >= 15 is 0 Å². The van der Waals surface area contributed by atoms with Gasteiger partial charge in [-0.25, -0.2) is 0 Å². The fourth-order valence-corrected chi connectivity index (χ4v) is 2.43. The van der Waals surface area contributed by atoms with Crippen molar-refractivity contribution in [3.8, 4) is 0 Å². The van der Waals surface area contributed by atoms with Crippen molar-refractivity contribution in [2.45, 2.75) is 6.54 Å². The molecule has 2 aromatic rings. The molecule has 2 rings (SSSR count). The van der Waals surface area contributed by atoms with Crippen LogP contribution in [0, 0.1) is 0 Å². The van der Waals surface area contributed by atoms with E-state index < -0.39 is 0 Å². The molecule has 0 atom stereocenters. The number of nitrogens with one attached hydrogen (secondary N) is 1. The third-order valence-electron chi connectivity index (χ3n) is 1.99. The van der Waals surface area contributed by atoms with E-state index in [4.69, 9.17) is 0 Å². The van der Waals surface area contributed by atoms with Crippen molar-refractivity contribution < 1.29 is 0 Å². The number of hydrogen-bond donors (Lipinski definition) is 2. The smallest absolute Gasteiger partial charge is 0.0390 e. The molecule has 0 saturated carbocycles. The van der Waals surface area contributed by atoms with Crippen LogP contribution in [0.2, 0.25) is 0 Å². The molecule has 0 aliphatic rings.